The fourth-order valence-electron chi connectivity index (χ4n) is 0.735. The second-order valence-electron chi connectivity index (χ2n) is 1.98. The minimum absolute atomic E-state index is 0.852. The van der Waals surface area contributed by atoms with Gasteiger partial charge in [0.15, 0.2) is 0 Å². The molecule has 0 unspecified atom stereocenters. The Kier molecular flexibility index (Phi) is 2.37. The average Bonchev–Trinajstić information content (AvgIpc) is 1.90. The van der Waals surface area contributed by atoms with E-state index in [4.69, 9.17) is 16.6 Å². The van der Waals surface area contributed by atoms with Crippen molar-refractivity contribution in [2.45, 2.75) is 12.8 Å². The van der Waals surface area contributed by atoms with Crippen LogP contribution in [0.1, 0.15) is 12.8 Å². The van der Waals surface area contributed by atoms with Crippen LogP contribution in [-0.4, -0.2) is 12.5 Å². The first-order valence-electron chi connectivity index (χ1n) is 2.85. The summed E-state index contributed by atoms with van der Waals surface area (Å²) in [6, 6.07) is 0. The van der Waals surface area contributed by atoms with Crippen LogP contribution in [0.25, 0.3) is 0 Å². The van der Waals surface area contributed by atoms with E-state index in [2.05, 4.69) is 0 Å². The van der Waals surface area contributed by atoms with E-state index >= 15 is 0 Å². The third kappa shape index (κ3) is 1.88. The van der Waals surface area contributed by atoms with Crippen molar-refractivity contribution >= 4 is 19.1 Å². The SMILES string of the molecule is O[B]C1=CC=C(Cl)CC1. The average molecular weight is 141 g/mol. The van der Waals surface area contributed by atoms with E-state index in [0.717, 1.165) is 30.8 Å². The number of hydrogen-bond donors (Lipinski definition) is 1. The van der Waals surface area contributed by atoms with Crippen molar-refractivity contribution in [2.24, 2.45) is 0 Å². The van der Waals surface area contributed by atoms with Crippen LogP contribution in [0.3, 0.4) is 0 Å². The minimum atomic E-state index is 0.852. The molecule has 9 heavy (non-hydrogen) atoms. The Morgan fingerprint density at radius 1 is 1.44 bits per heavy atom. The van der Waals surface area contributed by atoms with E-state index in [1.165, 1.54) is 0 Å². The van der Waals surface area contributed by atoms with Gasteiger partial charge in [0.2, 0.25) is 0 Å². The standard InChI is InChI=1S/C6H7BClO/c8-6-3-1-5(7-9)2-4-6/h1,3,9H,2,4H2. The van der Waals surface area contributed by atoms with E-state index in [9.17, 15) is 0 Å². The van der Waals surface area contributed by atoms with E-state index in [1.54, 1.807) is 0 Å². The molecule has 0 saturated heterocycles. The first-order chi connectivity index (χ1) is 4.33. The summed E-state index contributed by atoms with van der Waals surface area (Å²) in [6.07, 6.45) is 5.34. The zero-order valence-corrected chi connectivity index (χ0v) is 5.73. The second kappa shape index (κ2) is 3.09. The van der Waals surface area contributed by atoms with Gasteiger partial charge in [-0.3, -0.25) is 0 Å². The lowest BCUT2D eigenvalue weighted by atomic mass is 9.82. The van der Waals surface area contributed by atoms with Crippen LogP contribution >= 0.6 is 11.6 Å². The monoisotopic (exact) mass is 141 g/mol. The third-order valence-corrected chi connectivity index (χ3v) is 1.61. The van der Waals surface area contributed by atoms with Crippen LogP contribution in [0.2, 0.25) is 0 Å². The molecule has 1 radical (unpaired) electrons. The maximum atomic E-state index is 8.51. The Hall–Kier alpha value is -0.205. The third-order valence-electron chi connectivity index (χ3n) is 1.30. The molecule has 0 saturated carbocycles. The Balaban J connectivity index is 2.59. The zero-order chi connectivity index (χ0) is 6.69. The molecular formula is C6H7BClO. The Bertz CT molecular complexity index is 162. The highest BCUT2D eigenvalue weighted by Crippen LogP contribution is 2.19. The maximum absolute atomic E-state index is 8.51. The smallest absolute Gasteiger partial charge is 0.322 e. The van der Waals surface area contributed by atoms with Crippen LogP contribution in [0.5, 0.6) is 0 Å². The summed E-state index contributed by atoms with van der Waals surface area (Å²) in [4.78, 5) is 0. The van der Waals surface area contributed by atoms with Gasteiger partial charge in [-0.15, -0.1) is 0 Å². The van der Waals surface area contributed by atoms with Gasteiger partial charge < -0.3 is 5.02 Å². The topological polar surface area (TPSA) is 20.2 Å². The zero-order valence-electron chi connectivity index (χ0n) is 4.97. The number of rotatable bonds is 1. The van der Waals surface area contributed by atoms with Crippen LogP contribution in [0.4, 0.5) is 0 Å². The lowest BCUT2D eigenvalue weighted by Gasteiger charge is -2.05. The molecule has 0 aliphatic heterocycles. The van der Waals surface area contributed by atoms with E-state index in [1.807, 2.05) is 12.2 Å². The molecule has 3 heteroatoms. The van der Waals surface area contributed by atoms with Gasteiger partial charge >= 0.3 is 7.48 Å². The summed E-state index contributed by atoms with van der Waals surface area (Å²) in [5.74, 6) is 0. The van der Waals surface area contributed by atoms with Gasteiger partial charge in [0.05, 0.1) is 0 Å². The second-order valence-corrected chi connectivity index (χ2v) is 2.47. The predicted octanol–water partition coefficient (Wildman–Crippen LogP) is 1.40. The molecule has 0 amide bonds. The molecule has 47 valence electrons. The first kappa shape index (κ1) is 6.91. The molecule has 0 atom stereocenters. The van der Waals surface area contributed by atoms with Crippen LogP contribution in [0.15, 0.2) is 22.7 Å². The fourth-order valence-corrected chi connectivity index (χ4v) is 0.893. The van der Waals surface area contributed by atoms with Gasteiger partial charge in [0.25, 0.3) is 0 Å². The van der Waals surface area contributed by atoms with Gasteiger partial charge in [0, 0.05) is 5.03 Å². The molecule has 0 aromatic heterocycles. The fraction of sp³-hybridized carbons (Fsp3) is 0.333. The van der Waals surface area contributed by atoms with Crippen molar-refractivity contribution in [1.82, 2.24) is 0 Å². The molecule has 1 nitrogen and oxygen atoms in total. The van der Waals surface area contributed by atoms with Crippen molar-refractivity contribution < 1.29 is 5.02 Å². The van der Waals surface area contributed by atoms with Crippen LogP contribution in [-0.2, 0) is 0 Å². The molecule has 1 rings (SSSR count). The molecule has 0 spiro atoms. The number of hydrogen-bond acceptors (Lipinski definition) is 1. The molecule has 0 bridgehead atoms. The van der Waals surface area contributed by atoms with E-state index in [0.29, 0.717) is 0 Å². The largest absolute Gasteiger partial charge is 0.450 e. The van der Waals surface area contributed by atoms with Gasteiger partial charge in [0.1, 0.15) is 0 Å². The lowest BCUT2D eigenvalue weighted by molar-refractivity contribution is 0.607. The summed E-state index contributed by atoms with van der Waals surface area (Å²) >= 11 is 5.66. The van der Waals surface area contributed by atoms with Crippen molar-refractivity contribution in [1.29, 1.82) is 0 Å². The lowest BCUT2D eigenvalue weighted by Crippen LogP contribution is -1.97. The highest BCUT2D eigenvalue weighted by atomic mass is 35.5. The van der Waals surface area contributed by atoms with Gasteiger partial charge in [-0.1, -0.05) is 23.1 Å². The molecule has 1 N–H and O–H groups in total. The predicted molar refractivity (Wildman–Crippen MR) is 39.2 cm³/mol. The van der Waals surface area contributed by atoms with Crippen molar-refractivity contribution in [2.75, 3.05) is 0 Å². The highest BCUT2D eigenvalue weighted by Gasteiger charge is 2.03. The number of halogens is 1. The summed E-state index contributed by atoms with van der Waals surface area (Å²) in [6.45, 7) is 0. The summed E-state index contributed by atoms with van der Waals surface area (Å²) < 4.78 is 0. The summed E-state index contributed by atoms with van der Waals surface area (Å²) in [7, 11) is 1.12. The van der Waals surface area contributed by atoms with Crippen LogP contribution in [0, 0.1) is 0 Å². The first-order valence-corrected chi connectivity index (χ1v) is 3.23. The molecule has 0 heterocycles. The maximum Gasteiger partial charge on any atom is 0.322 e. The molecule has 0 aromatic rings. The molecule has 0 aromatic carbocycles. The van der Waals surface area contributed by atoms with Gasteiger partial charge in [-0.05, 0) is 18.9 Å². The van der Waals surface area contributed by atoms with Crippen molar-refractivity contribution in [3.63, 3.8) is 0 Å². The van der Waals surface area contributed by atoms with E-state index in [-0.39, 0.29) is 0 Å². The van der Waals surface area contributed by atoms with Gasteiger partial charge in [-0.25, -0.2) is 0 Å². The van der Waals surface area contributed by atoms with E-state index < -0.39 is 0 Å². The molecule has 1 aliphatic carbocycles. The minimum Gasteiger partial charge on any atom is -0.450 e. The Morgan fingerprint density at radius 3 is 2.67 bits per heavy atom. The summed E-state index contributed by atoms with van der Waals surface area (Å²) in [5, 5.41) is 9.37. The Labute approximate surface area is 60.3 Å². The molecule has 0 fully saturated rings. The quantitative estimate of drug-likeness (QED) is 0.547. The van der Waals surface area contributed by atoms with Gasteiger partial charge in [-0.2, -0.15) is 0 Å². The Morgan fingerprint density at radius 2 is 2.22 bits per heavy atom. The highest BCUT2D eigenvalue weighted by molar-refractivity contribution is 6.37. The normalized spacial score (nSPS) is 18.4. The summed E-state index contributed by atoms with van der Waals surface area (Å²) in [5.41, 5.74) is 0.944. The van der Waals surface area contributed by atoms with Crippen molar-refractivity contribution in [3.8, 4) is 0 Å². The van der Waals surface area contributed by atoms with Crippen LogP contribution < -0.4 is 0 Å². The van der Waals surface area contributed by atoms with Crippen molar-refractivity contribution in [3.05, 3.63) is 22.7 Å². The number of allylic oxidation sites excluding steroid dienone is 4. The molecular weight excluding hydrogens is 134 g/mol. The molecule has 1 aliphatic rings.